The third kappa shape index (κ3) is 2.83. The van der Waals surface area contributed by atoms with Gasteiger partial charge in [0.05, 0.1) is 5.69 Å². The van der Waals surface area contributed by atoms with Gasteiger partial charge in [-0.25, -0.2) is 4.39 Å². The highest BCUT2D eigenvalue weighted by atomic mass is 32.1. The van der Waals surface area contributed by atoms with Gasteiger partial charge in [-0.3, -0.25) is 9.59 Å². The van der Waals surface area contributed by atoms with Gasteiger partial charge >= 0.3 is 0 Å². The molecule has 2 rings (SSSR count). The number of rotatable bonds is 2. The van der Waals surface area contributed by atoms with Crippen molar-refractivity contribution in [3.8, 4) is 5.75 Å². The van der Waals surface area contributed by atoms with E-state index in [1.54, 1.807) is 0 Å². The number of hydrogen-bond donors (Lipinski definition) is 5. The monoisotopic (exact) mass is 299 g/mol. The lowest BCUT2D eigenvalue weighted by atomic mass is 10.0. The molecular formula is C11H10FN3O4S. The van der Waals surface area contributed by atoms with E-state index in [-0.39, 0.29) is 16.5 Å². The molecule has 0 aliphatic carbocycles. The van der Waals surface area contributed by atoms with Crippen LogP contribution in [0.25, 0.3) is 0 Å². The molecule has 1 aliphatic rings. The van der Waals surface area contributed by atoms with Crippen LogP contribution in [0.2, 0.25) is 0 Å². The summed E-state index contributed by atoms with van der Waals surface area (Å²) in [5.74, 6) is -4.35. The van der Waals surface area contributed by atoms with E-state index in [4.69, 9.17) is 5.11 Å². The molecular weight excluding hydrogens is 289 g/mol. The third-order valence-corrected chi connectivity index (χ3v) is 2.83. The van der Waals surface area contributed by atoms with Crippen LogP contribution in [0.15, 0.2) is 18.2 Å². The standard InChI is InChI=1S/C11H10FN3O4S/c12-5-3-4(16)1-2-6(5)13-8(17)7-9(18)14-11(20)15-10(7)19/h1-3,7,9,16,18H,(H,13,17)(H2,14,15,19,20). The van der Waals surface area contributed by atoms with E-state index in [1.165, 1.54) is 6.07 Å². The van der Waals surface area contributed by atoms with Crippen LogP contribution < -0.4 is 16.0 Å². The number of aliphatic hydroxyl groups is 1. The summed E-state index contributed by atoms with van der Waals surface area (Å²) in [7, 11) is 0. The summed E-state index contributed by atoms with van der Waals surface area (Å²) in [4.78, 5) is 23.5. The van der Waals surface area contributed by atoms with E-state index in [0.29, 0.717) is 0 Å². The number of anilines is 1. The number of nitrogens with one attached hydrogen (secondary N) is 3. The predicted octanol–water partition coefficient (Wildman–Crippen LogP) is -0.591. The van der Waals surface area contributed by atoms with E-state index in [9.17, 15) is 19.1 Å². The molecule has 2 atom stereocenters. The van der Waals surface area contributed by atoms with Crippen molar-refractivity contribution in [3.05, 3.63) is 24.0 Å². The minimum atomic E-state index is -1.50. The summed E-state index contributed by atoms with van der Waals surface area (Å²) in [5, 5.41) is 25.2. The Balaban J connectivity index is 2.15. The first-order valence-corrected chi connectivity index (χ1v) is 5.88. The molecule has 1 heterocycles. The van der Waals surface area contributed by atoms with Gasteiger partial charge < -0.3 is 26.2 Å². The molecule has 0 radical (unpaired) electrons. The zero-order valence-corrected chi connectivity index (χ0v) is 10.7. The Hall–Kier alpha value is -2.26. The highest BCUT2D eigenvalue weighted by Crippen LogP contribution is 2.20. The summed E-state index contributed by atoms with van der Waals surface area (Å²) in [6, 6.07) is 3.11. The Morgan fingerprint density at radius 1 is 1.45 bits per heavy atom. The Morgan fingerprint density at radius 2 is 2.15 bits per heavy atom. The van der Waals surface area contributed by atoms with Crippen LogP contribution in [0.3, 0.4) is 0 Å². The van der Waals surface area contributed by atoms with E-state index >= 15 is 0 Å². The van der Waals surface area contributed by atoms with Crippen molar-refractivity contribution in [3.63, 3.8) is 0 Å². The third-order valence-electron chi connectivity index (χ3n) is 2.61. The number of thiocarbonyl (C=S) groups is 1. The Labute approximate surface area is 117 Å². The van der Waals surface area contributed by atoms with Gasteiger partial charge in [0, 0.05) is 6.07 Å². The number of amides is 2. The zero-order chi connectivity index (χ0) is 14.9. The van der Waals surface area contributed by atoms with Crippen molar-refractivity contribution in [2.45, 2.75) is 6.23 Å². The fraction of sp³-hybridized carbons (Fsp3) is 0.182. The lowest BCUT2D eigenvalue weighted by Gasteiger charge is -2.28. The second kappa shape index (κ2) is 5.39. The Morgan fingerprint density at radius 3 is 2.75 bits per heavy atom. The van der Waals surface area contributed by atoms with Crippen molar-refractivity contribution in [1.82, 2.24) is 10.6 Å². The van der Waals surface area contributed by atoms with Crippen LogP contribution in [0.1, 0.15) is 0 Å². The first kappa shape index (κ1) is 14.2. The highest BCUT2D eigenvalue weighted by molar-refractivity contribution is 7.80. The minimum absolute atomic E-state index is 0.0950. The number of halogens is 1. The fourth-order valence-electron chi connectivity index (χ4n) is 1.67. The summed E-state index contributed by atoms with van der Waals surface area (Å²) in [5.41, 5.74) is -0.221. The highest BCUT2D eigenvalue weighted by Gasteiger charge is 2.38. The Kier molecular flexibility index (Phi) is 3.81. The van der Waals surface area contributed by atoms with E-state index in [2.05, 4.69) is 28.2 Å². The van der Waals surface area contributed by atoms with E-state index < -0.39 is 29.8 Å². The van der Waals surface area contributed by atoms with Gasteiger partial charge in [0.2, 0.25) is 11.8 Å². The molecule has 7 nitrogen and oxygen atoms in total. The molecule has 1 fully saturated rings. The van der Waals surface area contributed by atoms with Crippen molar-refractivity contribution >= 4 is 34.8 Å². The van der Waals surface area contributed by atoms with Gasteiger partial charge in [0.15, 0.2) is 11.0 Å². The molecule has 2 unspecified atom stereocenters. The number of hydrogen-bond acceptors (Lipinski definition) is 5. The van der Waals surface area contributed by atoms with Crippen molar-refractivity contribution in [1.29, 1.82) is 0 Å². The first-order valence-electron chi connectivity index (χ1n) is 5.47. The normalized spacial score (nSPS) is 21.9. The molecule has 1 aromatic rings. The van der Waals surface area contributed by atoms with Crippen LogP contribution in [0.4, 0.5) is 10.1 Å². The number of aliphatic hydroxyl groups excluding tert-OH is 1. The average molecular weight is 299 g/mol. The van der Waals surface area contributed by atoms with Gasteiger partial charge in [-0.2, -0.15) is 0 Å². The van der Waals surface area contributed by atoms with E-state index in [1.807, 2.05) is 0 Å². The smallest absolute Gasteiger partial charge is 0.243 e. The summed E-state index contributed by atoms with van der Waals surface area (Å²) in [6.45, 7) is 0. The molecule has 0 aromatic heterocycles. The average Bonchev–Trinajstić information content (AvgIpc) is 2.31. The summed E-state index contributed by atoms with van der Waals surface area (Å²) >= 11 is 4.64. The fourth-order valence-corrected chi connectivity index (χ4v) is 1.89. The summed E-state index contributed by atoms with van der Waals surface area (Å²) < 4.78 is 13.5. The van der Waals surface area contributed by atoms with Gasteiger partial charge in [-0.15, -0.1) is 0 Å². The van der Waals surface area contributed by atoms with Gasteiger partial charge in [0.25, 0.3) is 0 Å². The van der Waals surface area contributed by atoms with Crippen LogP contribution in [0.5, 0.6) is 5.75 Å². The maximum absolute atomic E-state index is 13.5. The largest absolute Gasteiger partial charge is 0.508 e. The van der Waals surface area contributed by atoms with Gasteiger partial charge in [-0.1, -0.05) is 0 Å². The zero-order valence-electron chi connectivity index (χ0n) is 9.88. The number of phenolic OH excluding ortho intramolecular Hbond substituents is 1. The van der Waals surface area contributed by atoms with Crippen molar-refractivity contribution in [2.24, 2.45) is 5.92 Å². The molecule has 1 aromatic carbocycles. The molecule has 0 spiro atoms. The second-order valence-electron chi connectivity index (χ2n) is 4.04. The number of aromatic hydroxyl groups is 1. The van der Waals surface area contributed by atoms with Crippen molar-refractivity contribution in [2.75, 3.05) is 5.32 Å². The Bertz CT molecular complexity index is 595. The number of phenols is 1. The molecule has 5 N–H and O–H groups in total. The maximum Gasteiger partial charge on any atom is 0.243 e. The van der Waals surface area contributed by atoms with Crippen LogP contribution >= 0.6 is 12.2 Å². The second-order valence-corrected chi connectivity index (χ2v) is 4.45. The SMILES string of the molecule is O=C1NC(=S)NC(O)C1C(=O)Nc1ccc(O)cc1F. The minimum Gasteiger partial charge on any atom is -0.508 e. The van der Waals surface area contributed by atoms with Crippen LogP contribution in [-0.2, 0) is 9.59 Å². The lowest BCUT2D eigenvalue weighted by molar-refractivity contribution is -0.137. The predicted molar refractivity (Wildman–Crippen MR) is 70.1 cm³/mol. The molecule has 20 heavy (non-hydrogen) atoms. The van der Waals surface area contributed by atoms with Crippen molar-refractivity contribution < 1.29 is 24.2 Å². The number of carbonyl (C=O) groups excluding carboxylic acids is 2. The van der Waals surface area contributed by atoms with Gasteiger partial charge in [0.1, 0.15) is 17.8 Å². The maximum atomic E-state index is 13.5. The number of carbonyl (C=O) groups is 2. The lowest BCUT2D eigenvalue weighted by Crippen LogP contribution is -2.61. The van der Waals surface area contributed by atoms with E-state index in [0.717, 1.165) is 12.1 Å². The van der Waals surface area contributed by atoms with Gasteiger partial charge in [-0.05, 0) is 24.4 Å². The quantitative estimate of drug-likeness (QED) is 0.284. The molecule has 106 valence electrons. The molecule has 1 saturated heterocycles. The molecule has 1 aliphatic heterocycles. The molecule has 9 heteroatoms. The molecule has 2 amide bonds. The molecule has 0 bridgehead atoms. The first-order chi connectivity index (χ1) is 9.38. The summed E-state index contributed by atoms with van der Waals surface area (Å²) in [6.07, 6.45) is -1.50. The van der Waals surface area contributed by atoms with Crippen LogP contribution in [0, 0.1) is 11.7 Å². The van der Waals surface area contributed by atoms with Crippen LogP contribution in [-0.4, -0.2) is 33.4 Å². The topological polar surface area (TPSA) is 111 Å². The molecule has 0 saturated carbocycles. The number of benzene rings is 1.